The predicted octanol–water partition coefficient (Wildman–Crippen LogP) is 3.92. The molecule has 0 fully saturated rings. The fraction of sp³-hybridized carbons (Fsp3) is 0.111. The molecule has 0 aliphatic heterocycles. The van der Waals surface area contributed by atoms with Crippen LogP contribution in [0.4, 0.5) is 5.00 Å². The van der Waals surface area contributed by atoms with Crippen molar-refractivity contribution in [2.75, 3.05) is 5.32 Å². The minimum Gasteiger partial charge on any atom is -0.504 e. The van der Waals surface area contributed by atoms with Crippen LogP contribution in [0.3, 0.4) is 0 Å². The van der Waals surface area contributed by atoms with Gasteiger partial charge in [0.25, 0.3) is 0 Å². The highest BCUT2D eigenvalue weighted by atomic mass is 35.5. The van der Waals surface area contributed by atoms with Gasteiger partial charge in [0.1, 0.15) is 10.6 Å². The van der Waals surface area contributed by atoms with Crippen molar-refractivity contribution in [3.63, 3.8) is 0 Å². The van der Waals surface area contributed by atoms with Crippen molar-refractivity contribution in [3.05, 3.63) is 52.0 Å². The second-order valence-electron chi connectivity index (χ2n) is 5.91. The average Bonchev–Trinajstić information content (AvgIpc) is 3.25. The third-order valence-electron chi connectivity index (χ3n) is 3.86. The minimum absolute atomic E-state index is 0.0129. The van der Waals surface area contributed by atoms with E-state index in [1.165, 1.54) is 6.07 Å². The molecule has 0 amide bonds. The summed E-state index contributed by atoms with van der Waals surface area (Å²) in [6, 6.07) is 10.1. The number of aryl methyl sites for hydroxylation is 1. The SMILES string of the molecule is C/C(=N/NC(=S)Nc1ccc(C(=O)O)s1)c1nn(C)c(-c2ccc(Cl)cc2)c1O. The van der Waals surface area contributed by atoms with E-state index in [1.54, 1.807) is 49.0 Å². The second-order valence-corrected chi connectivity index (χ2v) is 7.84. The Hall–Kier alpha value is -2.95. The van der Waals surface area contributed by atoms with E-state index in [2.05, 4.69) is 20.9 Å². The van der Waals surface area contributed by atoms with Gasteiger partial charge in [-0.15, -0.1) is 11.3 Å². The number of carboxylic acid groups (broad SMARTS) is 1. The van der Waals surface area contributed by atoms with E-state index in [0.29, 0.717) is 27.1 Å². The van der Waals surface area contributed by atoms with E-state index < -0.39 is 5.97 Å². The quantitative estimate of drug-likeness (QED) is 0.265. The fourth-order valence-corrected chi connectivity index (χ4v) is 3.63. The molecule has 2 aromatic heterocycles. The van der Waals surface area contributed by atoms with Crippen LogP contribution in [-0.2, 0) is 7.05 Å². The first-order chi connectivity index (χ1) is 13.8. The number of benzene rings is 1. The van der Waals surface area contributed by atoms with E-state index in [-0.39, 0.29) is 15.7 Å². The van der Waals surface area contributed by atoms with E-state index in [1.807, 2.05) is 0 Å². The lowest BCUT2D eigenvalue weighted by Crippen LogP contribution is -2.24. The van der Waals surface area contributed by atoms with Crippen molar-refractivity contribution in [2.24, 2.45) is 12.1 Å². The number of halogens is 1. The molecule has 0 atom stereocenters. The standard InChI is InChI=1S/C18H16ClN5O3S2/c1-9(21-22-18(28)20-13-8-7-12(29-13)17(26)27)14-16(25)15(24(2)23-14)10-3-5-11(19)6-4-10/h3-8,25H,1-2H3,(H,26,27)(H2,20,22,28)/b21-9-. The number of nitrogens with zero attached hydrogens (tertiary/aromatic N) is 3. The van der Waals surface area contributed by atoms with Crippen LogP contribution in [0.15, 0.2) is 41.5 Å². The Balaban J connectivity index is 1.74. The van der Waals surface area contributed by atoms with Crippen LogP contribution in [0.25, 0.3) is 11.3 Å². The van der Waals surface area contributed by atoms with Crippen LogP contribution in [0.1, 0.15) is 22.3 Å². The van der Waals surface area contributed by atoms with Gasteiger partial charge >= 0.3 is 5.97 Å². The molecule has 0 saturated carbocycles. The summed E-state index contributed by atoms with van der Waals surface area (Å²) in [5.41, 5.74) is 4.68. The lowest BCUT2D eigenvalue weighted by molar-refractivity contribution is 0.0702. The van der Waals surface area contributed by atoms with Crippen LogP contribution >= 0.6 is 35.2 Å². The smallest absolute Gasteiger partial charge is 0.345 e. The molecule has 2 heterocycles. The van der Waals surface area contributed by atoms with Crippen molar-refractivity contribution in [1.82, 2.24) is 15.2 Å². The van der Waals surface area contributed by atoms with Gasteiger partial charge in [0.15, 0.2) is 16.6 Å². The topological polar surface area (TPSA) is 112 Å². The number of nitrogens with one attached hydrogen (secondary N) is 2. The van der Waals surface area contributed by atoms with Gasteiger partial charge in [0.2, 0.25) is 0 Å². The number of anilines is 1. The molecule has 3 aromatic rings. The summed E-state index contributed by atoms with van der Waals surface area (Å²) in [7, 11) is 1.72. The summed E-state index contributed by atoms with van der Waals surface area (Å²) in [5.74, 6) is -1.01. The van der Waals surface area contributed by atoms with Crippen LogP contribution in [0.2, 0.25) is 5.02 Å². The Morgan fingerprint density at radius 2 is 1.97 bits per heavy atom. The van der Waals surface area contributed by atoms with Crippen LogP contribution in [0, 0.1) is 0 Å². The number of aromatic nitrogens is 2. The van der Waals surface area contributed by atoms with Crippen LogP contribution < -0.4 is 10.7 Å². The number of thiocarbonyl (C=S) groups is 1. The Bertz CT molecular complexity index is 1110. The number of aromatic carboxylic acids is 1. The van der Waals surface area contributed by atoms with Gasteiger partial charge in [-0.1, -0.05) is 23.7 Å². The first-order valence-corrected chi connectivity index (χ1v) is 9.83. The van der Waals surface area contributed by atoms with Crippen LogP contribution in [0.5, 0.6) is 5.75 Å². The van der Waals surface area contributed by atoms with Crippen LogP contribution in [-0.4, -0.2) is 36.8 Å². The average molecular weight is 450 g/mol. The van der Waals surface area contributed by atoms with E-state index >= 15 is 0 Å². The summed E-state index contributed by atoms with van der Waals surface area (Å²) in [4.78, 5) is 11.1. The zero-order valence-electron chi connectivity index (χ0n) is 15.3. The summed E-state index contributed by atoms with van der Waals surface area (Å²) in [6.45, 7) is 1.68. The zero-order valence-corrected chi connectivity index (χ0v) is 17.7. The summed E-state index contributed by atoms with van der Waals surface area (Å²) in [6.07, 6.45) is 0. The number of aromatic hydroxyl groups is 1. The number of carbonyl (C=O) groups is 1. The predicted molar refractivity (Wildman–Crippen MR) is 118 cm³/mol. The van der Waals surface area contributed by atoms with Gasteiger partial charge in [0, 0.05) is 17.6 Å². The minimum atomic E-state index is -1.00. The Labute approximate surface area is 180 Å². The normalized spacial score (nSPS) is 11.3. The number of rotatable bonds is 5. The molecule has 8 nitrogen and oxygen atoms in total. The molecule has 0 unspecified atom stereocenters. The van der Waals surface area contributed by atoms with Crippen molar-refractivity contribution >= 4 is 57.0 Å². The van der Waals surface area contributed by atoms with Gasteiger partial charge in [0.05, 0.1) is 10.7 Å². The Morgan fingerprint density at radius 3 is 2.59 bits per heavy atom. The van der Waals surface area contributed by atoms with Gasteiger partial charge < -0.3 is 15.5 Å². The monoisotopic (exact) mass is 449 g/mol. The first kappa shape index (κ1) is 20.8. The number of hydrogen-bond donors (Lipinski definition) is 4. The lowest BCUT2D eigenvalue weighted by atomic mass is 10.1. The lowest BCUT2D eigenvalue weighted by Gasteiger charge is -2.05. The second kappa shape index (κ2) is 8.60. The first-order valence-electron chi connectivity index (χ1n) is 8.23. The maximum Gasteiger partial charge on any atom is 0.345 e. The van der Waals surface area contributed by atoms with Crippen molar-refractivity contribution in [3.8, 4) is 17.0 Å². The molecule has 0 radical (unpaired) electrons. The molecule has 0 aliphatic rings. The Kier molecular flexibility index (Phi) is 6.16. The molecule has 0 spiro atoms. The number of hydrazone groups is 1. The molecule has 0 aliphatic carbocycles. The number of thiophene rings is 1. The molecular weight excluding hydrogens is 434 g/mol. The molecule has 0 saturated heterocycles. The highest BCUT2D eigenvalue weighted by Gasteiger charge is 2.19. The third-order valence-corrected chi connectivity index (χ3v) is 5.30. The molecule has 11 heteroatoms. The maximum absolute atomic E-state index is 10.9. The van der Waals surface area contributed by atoms with Gasteiger partial charge in [-0.25, -0.2) is 4.79 Å². The zero-order chi connectivity index (χ0) is 21.1. The van der Waals surface area contributed by atoms with Gasteiger partial charge in [-0.2, -0.15) is 10.2 Å². The van der Waals surface area contributed by atoms with Crippen molar-refractivity contribution in [1.29, 1.82) is 0 Å². The maximum atomic E-state index is 10.9. The summed E-state index contributed by atoms with van der Waals surface area (Å²) < 4.78 is 1.56. The van der Waals surface area contributed by atoms with Crippen molar-refractivity contribution in [2.45, 2.75) is 6.92 Å². The van der Waals surface area contributed by atoms with E-state index in [4.69, 9.17) is 28.9 Å². The summed E-state index contributed by atoms with van der Waals surface area (Å²) >= 11 is 12.1. The number of carboxylic acids is 1. The largest absolute Gasteiger partial charge is 0.504 e. The highest BCUT2D eigenvalue weighted by molar-refractivity contribution is 7.80. The molecule has 29 heavy (non-hydrogen) atoms. The fourth-order valence-electron chi connectivity index (χ4n) is 2.54. The van der Waals surface area contributed by atoms with Gasteiger partial charge in [-0.05, 0) is 43.4 Å². The molecule has 0 bridgehead atoms. The molecule has 1 aromatic carbocycles. The molecule has 4 N–H and O–H groups in total. The van der Waals surface area contributed by atoms with Gasteiger partial charge in [-0.3, -0.25) is 10.1 Å². The summed E-state index contributed by atoms with van der Waals surface area (Å²) in [5, 5.41) is 32.3. The Morgan fingerprint density at radius 1 is 1.28 bits per heavy atom. The molecular formula is C18H16ClN5O3S2. The molecule has 3 rings (SSSR count). The van der Waals surface area contributed by atoms with E-state index in [0.717, 1.165) is 16.9 Å². The highest BCUT2D eigenvalue weighted by Crippen LogP contribution is 2.32. The number of hydrogen-bond acceptors (Lipinski definition) is 6. The van der Waals surface area contributed by atoms with Crippen molar-refractivity contribution < 1.29 is 15.0 Å². The molecule has 150 valence electrons. The van der Waals surface area contributed by atoms with E-state index in [9.17, 15) is 9.90 Å². The third kappa shape index (κ3) is 4.73.